The quantitative estimate of drug-likeness (QED) is 0.812. The first-order valence-corrected chi connectivity index (χ1v) is 6.13. The lowest BCUT2D eigenvalue weighted by molar-refractivity contribution is 0.0948. The number of hydrogen-bond acceptors (Lipinski definition) is 3. The Hall–Kier alpha value is -1.82. The van der Waals surface area contributed by atoms with Gasteiger partial charge in [-0.3, -0.25) is 9.89 Å². The molecule has 1 heterocycles. The van der Waals surface area contributed by atoms with E-state index in [4.69, 9.17) is 0 Å². The van der Waals surface area contributed by atoms with Gasteiger partial charge in [-0.15, -0.1) is 0 Å². The zero-order chi connectivity index (χ0) is 13.1. The van der Waals surface area contributed by atoms with E-state index in [9.17, 15) is 9.90 Å². The van der Waals surface area contributed by atoms with Crippen molar-refractivity contribution >= 4 is 21.8 Å². The van der Waals surface area contributed by atoms with E-state index in [-0.39, 0.29) is 17.2 Å². The van der Waals surface area contributed by atoms with Crippen LogP contribution in [0.5, 0.6) is 5.75 Å². The SMILES string of the molecule is Cc1[nH]ncc1CNC(=O)c1cc(Br)ccc1O. The van der Waals surface area contributed by atoms with E-state index < -0.39 is 0 Å². The molecule has 94 valence electrons. The minimum atomic E-state index is -0.325. The Labute approximate surface area is 112 Å². The predicted octanol–water partition coefficient (Wildman–Crippen LogP) is 2.12. The van der Waals surface area contributed by atoms with Crippen molar-refractivity contribution in [1.82, 2.24) is 15.5 Å². The number of aromatic nitrogens is 2. The molecule has 3 N–H and O–H groups in total. The summed E-state index contributed by atoms with van der Waals surface area (Å²) in [7, 11) is 0. The highest BCUT2D eigenvalue weighted by Gasteiger charge is 2.12. The normalized spacial score (nSPS) is 10.3. The van der Waals surface area contributed by atoms with Gasteiger partial charge in [-0.1, -0.05) is 15.9 Å². The van der Waals surface area contributed by atoms with E-state index in [2.05, 4.69) is 31.4 Å². The van der Waals surface area contributed by atoms with Crippen molar-refractivity contribution in [2.24, 2.45) is 0 Å². The number of halogens is 1. The fraction of sp³-hybridized carbons (Fsp3) is 0.167. The minimum Gasteiger partial charge on any atom is -0.507 e. The van der Waals surface area contributed by atoms with Crippen LogP contribution in [0.3, 0.4) is 0 Å². The van der Waals surface area contributed by atoms with E-state index in [1.807, 2.05) is 6.92 Å². The molecule has 1 aromatic carbocycles. The van der Waals surface area contributed by atoms with Gasteiger partial charge in [-0.05, 0) is 25.1 Å². The van der Waals surface area contributed by atoms with Crippen LogP contribution in [-0.2, 0) is 6.54 Å². The fourth-order valence-electron chi connectivity index (χ4n) is 1.51. The molecule has 2 aromatic rings. The van der Waals surface area contributed by atoms with Gasteiger partial charge in [0.1, 0.15) is 5.75 Å². The number of aromatic hydroxyl groups is 1. The molecule has 0 saturated carbocycles. The summed E-state index contributed by atoms with van der Waals surface area (Å²) in [5.41, 5.74) is 2.07. The first-order chi connectivity index (χ1) is 8.58. The Bertz CT molecular complexity index is 580. The van der Waals surface area contributed by atoms with Crippen LogP contribution in [0.15, 0.2) is 28.9 Å². The Balaban J connectivity index is 2.08. The van der Waals surface area contributed by atoms with Crippen molar-refractivity contribution in [2.45, 2.75) is 13.5 Å². The Kier molecular flexibility index (Phi) is 3.66. The monoisotopic (exact) mass is 309 g/mol. The van der Waals surface area contributed by atoms with E-state index in [0.29, 0.717) is 6.54 Å². The van der Waals surface area contributed by atoms with Crippen molar-refractivity contribution < 1.29 is 9.90 Å². The maximum absolute atomic E-state index is 11.9. The van der Waals surface area contributed by atoms with Gasteiger partial charge < -0.3 is 10.4 Å². The van der Waals surface area contributed by atoms with Gasteiger partial charge in [0.05, 0.1) is 11.8 Å². The number of phenols is 1. The summed E-state index contributed by atoms with van der Waals surface area (Å²) < 4.78 is 0.741. The number of carbonyl (C=O) groups is 1. The van der Waals surface area contributed by atoms with Crippen molar-refractivity contribution in [3.8, 4) is 5.75 Å². The standard InChI is InChI=1S/C12H12BrN3O2/c1-7-8(6-15-16-7)5-14-12(18)10-4-9(13)2-3-11(10)17/h2-4,6,17H,5H2,1H3,(H,14,18)(H,15,16). The highest BCUT2D eigenvalue weighted by molar-refractivity contribution is 9.10. The molecule has 0 saturated heterocycles. The molecular weight excluding hydrogens is 298 g/mol. The summed E-state index contributed by atoms with van der Waals surface area (Å²) in [5, 5.41) is 19.0. The van der Waals surface area contributed by atoms with E-state index in [0.717, 1.165) is 15.7 Å². The topological polar surface area (TPSA) is 78.0 Å². The fourth-order valence-corrected chi connectivity index (χ4v) is 1.88. The van der Waals surface area contributed by atoms with Gasteiger partial charge in [-0.25, -0.2) is 0 Å². The van der Waals surface area contributed by atoms with Crippen LogP contribution >= 0.6 is 15.9 Å². The largest absolute Gasteiger partial charge is 0.507 e. The van der Waals surface area contributed by atoms with Gasteiger partial charge in [0.2, 0.25) is 0 Å². The number of aromatic amines is 1. The van der Waals surface area contributed by atoms with Crippen LogP contribution in [0.2, 0.25) is 0 Å². The molecular formula is C12H12BrN3O2. The van der Waals surface area contributed by atoms with Gasteiger partial charge in [-0.2, -0.15) is 5.10 Å². The average molecular weight is 310 g/mol. The predicted molar refractivity (Wildman–Crippen MR) is 70.3 cm³/mol. The average Bonchev–Trinajstić information content (AvgIpc) is 2.75. The number of hydrogen-bond donors (Lipinski definition) is 3. The van der Waals surface area contributed by atoms with Crippen molar-refractivity contribution in [1.29, 1.82) is 0 Å². The molecule has 0 aliphatic carbocycles. The van der Waals surface area contributed by atoms with E-state index >= 15 is 0 Å². The molecule has 1 aromatic heterocycles. The summed E-state index contributed by atoms with van der Waals surface area (Å²) in [6.07, 6.45) is 1.66. The highest BCUT2D eigenvalue weighted by atomic mass is 79.9. The van der Waals surface area contributed by atoms with Crippen molar-refractivity contribution in [3.05, 3.63) is 45.7 Å². The number of nitrogens with one attached hydrogen (secondary N) is 2. The lowest BCUT2D eigenvalue weighted by Crippen LogP contribution is -2.23. The number of nitrogens with zero attached hydrogens (tertiary/aromatic N) is 1. The van der Waals surface area contributed by atoms with Crippen LogP contribution in [0.4, 0.5) is 0 Å². The molecule has 0 unspecified atom stereocenters. The number of amides is 1. The van der Waals surface area contributed by atoms with Gasteiger partial charge in [0.15, 0.2) is 0 Å². The summed E-state index contributed by atoms with van der Waals surface area (Å²) >= 11 is 3.26. The van der Waals surface area contributed by atoms with E-state index in [1.54, 1.807) is 18.3 Å². The number of H-pyrrole nitrogens is 1. The molecule has 6 heteroatoms. The summed E-state index contributed by atoms with van der Waals surface area (Å²) in [5.74, 6) is -0.367. The van der Waals surface area contributed by atoms with Gasteiger partial charge in [0, 0.05) is 22.3 Å². The lowest BCUT2D eigenvalue weighted by atomic mass is 10.2. The summed E-state index contributed by atoms with van der Waals surface area (Å²) in [6.45, 7) is 2.25. The molecule has 0 aliphatic rings. The molecule has 0 radical (unpaired) electrons. The van der Waals surface area contributed by atoms with Gasteiger partial charge in [0.25, 0.3) is 5.91 Å². The third-order valence-corrected chi connectivity index (χ3v) is 3.07. The molecule has 0 atom stereocenters. The molecule has 1 amide bonds. The molecule has 0 spiro atoms. The third-order valence-electron chi connectivity index (χ3n) is 2.58. The number of rotatable bonds is 3. The second-order valence-electron chi connectivity index (χ2n) is 3.86. The van der Waals surface area contributed by atoms with Crippen LogP contribution in [-0.4, -0.2) is 21.2 Å². The molecule has 2 rings (SSSR count). The maximum atomic E-state index is 11.9. The summed E-state index contributed by atoms with van der Waals surface area (Å²) in [4.78, 5) is 11.9. The molecule has 0 bridgehead atoms. The second kappa shape index (κ2) is 5.22. The first kappa shape index (κ1) is 12.6. The van der Waals surface area contributed by atoms with Crippen molar-refractivity contribution in [3.63, 3.8) is 0 Å². The molecule has 0 aliphatic heterocycles. The molecule has 18 heavy (non-hydrogen) atoms. The third kappa shape index (κ3) is 2.70. The Morgan fingerprint density at radius 2 is 2.33 bits per heavy atom. The molecule has 5 nitrogen and oxygen atoms in total. The molecule has 0 fully saturated rings. The van der Waals surface area contributed by atoms with Crippen LogP contribution < -0.4 is 5.32 Å². The van der Waals surface area contributed by atoms with Crippen LogP contribution in [0, 0.1) is 6.92 Å². The lowest BCUT2D eigenvalue weighted by Gasteiger charge is -2.06. The smallest absolute Gasteiger partial charge is 0.255 e. The van der Waals surface area contributed by atoms with E-state index in [1.165, 1.54) is 6.07 Å². The zero-order valence-corrected chi connectivity index (χ0v) is 11.3. The Morgan fingerprint density at radius 3 is 3.00 bits per heavy atom. The van der Waals surface area contributed by atoms with Gasteiger partial charge >= 0.3 is 0 Å². The van der Waals surface area contributed by atoms with Crippen LogP contribution in [0.1, 0.15) is 21.6 Å². The Morgan fingerprint density at radius 1 is 1.56 bits per heavy atom. The first-order valence-electron chi connectivity index (χ1n) is 5.33. The van der Waals surface area contributed by atoms with Crippen LogP contribution in [0.25, 0.3) is 0 Å². The highest BCUT2D eigenvalue weighted by Crippen LogP contribution is 2.21. The number of carbonyl (C=O) groups excluding carboxylic acids is 1. The van der Waals surface area contributed by atoms with Crippen molar-refractivity contribution in [2.75, 3.05) is 0 Å². The second-order valence-corrected chi connectivity index (χ2v) is 4.78. The number of benzene rings is 1. The zero-order valence-electron chi connectivity index (χ0n) is 9.70. The number of aryl methyl sites for hydroxylation is 1. The maximum Gasteiger partial charge on any atom is 0.255 e. The number of phenolic OH excluding ortho intramolecular Hbond substituents is 1. The minimum absolute atomic E-state index is 0.0420. The summed E-state index contributed by atoms with van der Waals surface area (Å²) in [6, 6.07) is 4.72.